The molecule has 20 heavy (non-hydrogen) atoms. The number of benzene rings is 1. The zero-order chi connectivity index (χ0) is 15.2. The first-order valence-corrected chi connectivity index (χ1v) is 8.37. The van der Waals surface area contributed by atoms with Gasteiger partial charge in [-0.1, -0.05) is 24.9 Å². The highest BCUT2D eigenvalue weighted by Crippen LogP contribution is 2.26. The van der Waals surface area contributed by atoms with Crippen LogP contribution in [0.4, 0.5) is 5.69 Å². The Morgan fingerprint density at radius 2 is 2.05 bits per heavy atom. The van der Waals surface area contributed by atoms with Crippen molar-refractivity contribution in [2.45, 2.75) is 31.6 Å². The van der Waals surface area contributed by atoms with Crippen molar-refractivity contribution in [1.29, 1.82) is 0 Å². The number of unbranched alkanes of at least 4 members (excludes halogenated alkanes) is 1. The maximum absolute atomic E-state index is 12.1. The number of nitrogens with two attached hydrogens (primary N) is 1. The minimum absolute atomic E-state index is 0.00387. The van der Waals surface area contributed by atoms with Gasteiger partial charge in [0.15, 0.2) is 0 Å². The van der Waals surface area contributed by atoms with E-state index in [9.17, 15) is 8.42 Å². The molecule has 0 aliphatic rings. The van der Waals surface area contributed by atoms with Crippen molar-refractivity contribution < 1.29 is 13.2 Å². The molecule has 0 bridgehead atoms. The predicted molar refractivity (Wildman–Crippen MR) is 81.5 cm³/mol. The monoisotopic (exact) mass is 320 g/mol. The summed E-state index contributed by atoms with van der Waals surface area (Å²) in [5.74, 6) is 0. The third-order valence-corrected chi connectivity index (χ3v) is 4.72. The number of nitrogens with one attached hydrogen (secondary N) is 1. The van der Waals surface area contributed by atoms with Crippen LogP contribution in [0.5, 0.6) is 0 Å². The smallest absolute Gasteiger partial charge is 0.242 e. The highest BCUT2D eigenvalue weighted by Gasteiger charge is 2.18. The molecule has 0 spiro atoms. The maximum atomic E-state index is 12.1. The number of hydrogen-bond donors (Lipinski definition) is 2. The molecule has 0 radical (unpaired) electrons. The van der Waals surface area contributed by atoms with Gasteiger partial charge in [0.05, 0.1) is 11.6 Å². The fourth-order valence-electron chi connectivity index (χ4n) is 1.55. The van der Waals surface area contributed by atoms with Gasteiger partial charge < -0.3 is 10.5 Å². The normalized spacial score (nSPS) is 11.8. The summed E-state index contributed by atoms with van der Waals surface area (Å²) in [6.45, 7) is 5.01. The lowest BCUT2D eigenvalue weighted by Gasteiger charge is -2.10. The van der Waals surface area contributed by atoms with Crippen molar-refractivity contribution in [3.8, 4) is 0 Å². The van der Waals surface area contributed by atoms with Crippen molar-refractivity contribution >= 4 is 27.3 Å². The van der Waals surface area contributed by atoms with Crippen molar-refractivity contribution in [1.82, 2.24) is 4.72 Å². The van der Waals surface area contributed by atoms with Crippen LogP contribution in [0.1, 0.15) is 25.3 Å². The third kappa shape index (κ3) is 4.94. The van der Waals surface area contributed by atoms with Crippen LogP contribution in [-0.2, 0) is 14.8 Å². The van der Waals surface area contributed by atoms with Gasteiger partial charge in [-0.15, -0.1) is 0 Å². The minimum atomic E-state index is -3.66. The zero-order valence-corrected chi connectivity index (χ0v) is 13.4. The van der Waals surface area contributed by atoms with Crippen molar-refractivity contribution in [3.05, 3.63) is 22.7 Å². The average molecular weight is 321 g/mol. The molecule has 1 rings (SSSR count). The first kappa shape index (κ1) is 17.2. The lowest BCUT2D eigenvalue weighted by Crippen LogP contribution is -2.28. The second-order valence-electron chi connectivity index (χ2n) is 4.50. The number of halogens is 1. The number of hydrogen-bond acceptors (Lipinski definition) is 4. The molecule has 1 aromatic carbocycles. The van der Waals surface area contributed by atoms with Crippen molar-refractivity contribution in [2.24, 2.45) is 0 Å². The molecule has 0 atom stereocenters. The highest BCUT2D eigenvalue weighted by molar-refractivity contribution is 7.89. The summed E-state index contributed by atoms with van der Waals surface area (Å²) in [4.78, 5) is -0.00387. The van der Waals surface area contributed by atoms with Crippen LogP contribution in [0.2, 0.25) is 5.02 Å². The van der Waals surface area contributed by atoms with E-state index in [0.717, 1.165) is 18.4 Å². The Bertz CT molecular complexity index is 547. The number of anilines is 1. The fourth-order valence-corrected chi connectivity index (χ4v) is 3.18. The SMILES string of the molecule is CCCCOCCNS(=O)(=O)c1cc(N)c(C)cc1Cl. The van der Waals surface area contributed by atoms with E-state index in [1.54, 1.807) is 13.0 Å². The molecule has 0 heterocycles. The molecule has 0 aromatic heterocycles. The number of sulfonamides is 1. The molecule has 5 nitrogen and oxygen atoms in total. The Hall–Kier alpha value is -0.820. The first-order valence-electron chi connectivity index (χ1n) is 6.51. The van der Waals surface area contributed by atoms with Gasteiger partial charge in [0, 0.05) is 18.8 Å². The van der Waals surface area contributed by atoms with Crippen molar-refractivity contribution in [2.75, 3.05) is 25.5 Å². The predicted octanol–water partition coefficient (Wildman–Crippen LogP) is 2.33. The van der Waals surface area contributed by atoms with Crippen molar-refractivity contribution in [3.63, 3.8) is 0 Å². The quantitative estimate of drug-likeness (QED) is 0.569. The van der Waals surface area contributed by atoms with Crippen LogP contribution in [0.15, 0.2) is 17.0 Å². The van der Waals surface area contributed by atoms with Gasteiger partial charge in [0.2, 0.25) is 10.0 Å². The molecule has 0 fully saturated rings. The molecule has 7 heteroatoms. The van der Waals surface area contributed by atoms with Gasteiger partial charge in [0.25, 0.3) is 0 Å². The van der Waals surface area contributed by atoms with E-state index in [0.29, 0.717) is 18.9 Å². The van der Waals surface area contributed by atoms with Gasteiger partial charge in [-0.25, -0.2) is 13.1 Å². The molecule has 0 aliphatic heterocycles. The van der Waals surface area contributed by atoms with Gasteiger partial charge in [0.1, 0.15) is 4.90 Å². The van der Waals surface area contributed by atoms with E-state index in [-0.39, 0.29) is 16.5 Å². The molecule has 0 aliphatic carbocycles. The number of rotatable bonds is 8. The summed E-state index contributed by atoms with van der Waals surface area (Å²) < 4.78 is 31.9. The van der Waals surface area contributed by atoms with Gasteiger partial charge >= 0.3 is 0 Å². The number of ether oxygens (including phenoxy) is 1. The molecule has 0 unspecified atom stereocenters. The van der Waals surface area contributed by atoms with E-state index in [2.05, 4.69) is 11.6 Å². The molecule has 3 N–H and O–H groups in total. The average Bonchev–Trinajstić information content (AvgIpc) is 2.37. The molecular formula is C13H21ClN2O3S. The lowest BCUT2D eigenvalue weighted by atomic mass is 10.2. The largest absolute Gasteiger partial charge is 0.398 e. The van der Waals surface area contributed by atoms with Gasteiger partial charge in [-0.05, 0) is 31.0 Å². The summed E-state index contributed by atoms with van der Waals surface area (Å²) in [5.41, 5.74) is 6.86. The Labute approximate surface area is 125 Å². The molecular weight excluding hydrogens is 300 g/mol. The van der Waals surface area contributed by atoms with Crippen LogP contribution >= 0.6 is 11.6 Å². The van der Waals surface area contributed by atoms with E-state index >= 15 is 0 Å². The van der Waals surface area contributed by atoms with E-state index in [1.165, 1.54) is 6.07 Å². The summed E-state index contributed by atoms with van der Waals surface area (Å²) in [6.07, 6.45) is 2.01. The van der Waals surface area contributed by atoms with Crippen LogP contribution in [0, 0.1) is 6.92 Å². The zero-order valence-electron chi connectivity index (χ0n) is 11.8. The standard InChI is InChI=1S/C13H21ClN2O3S/c1-3-4-6-19-7-5-16-20(17,18)13-9-12(15)10(2)8-11(13)14/h8-9,16H,3-7,15H2,1-2H3. The second-order valence-corrected chi connectivity index (χ2v) is 6.65. The van der Waals surface area contributed by atoms with Crippen LogP contribution in [0.3, 0.4) is 0 Å². The van der Waals surface area contributed by atoms with Crippen LogP contribution < -0.4 is 10.5 Å². The van der Waals surface area contributed by atoms with Gasteiger partial charge in [-0.2, -0.15) is 0 Å². The number of aryl methyl sites for hydroxylation is 1. The third-order valence-electron chi connectivity index (χ3n) is 2.79. The molecule has 0 saturated heterocycles. The first-order chi connectivity index (χ1) is 9.38. The summed E-state index contributed by atoms with van der Waals surface area (Å²) in [5, 5.41) is 0.163. The summed E-state index contributed by atoms with van der Waals surface area (Å²) in [6, 6.07) is 2.92. The molecule has 0 saturated carbocycles. The molecule has 1 aromatic rings. The Morgan fingerprint density at radius 1 is 1.35 bits per heavy atom. The summed E-state index contributed by atoms with van der Waals surface area (Å²) >= 11 is 5.96. The van der Waals surface area contributed by atoms with E-state index in [1.807, 2.05) is 0 Å². The lowest BCUT2D eigenvalue weighted by molar-refractivity contribution is 0.136. The topological polar surface area (TPSA) is 81.4 Å². The fraction of sp³-hybridized carbons (Fsp3) is 0.538. The summed E-state index contributed by atoms with van der Waals surface area (Å²) in [7, 11) is -3.66. The Kier molecular flexibility index (Phi) is 6.75. The highest BCUT2D eigenvalue weighted by atomic mass is 35.5. The Balaban J connectivity index is 2.63. The van der Waals surface area contributed by atoms with Crippen LogP contribution in [-0.4, -0.2) is 28.2 Å². The Morgan fingerprint density at radius 3 is 2.70 bits per heavy atom. The molecule has 0 amide bonds. The van der Waals surface area contributed by atoms with E-state index in [4.69, 9.17) is 22.1 Å². The number of nitrogen functional groups attached to an aromatic ring is 1. The van der Waals surface area contributed by atoms with Crippen LogP contribution in [0.25, 0.3) is 0 Å². The van der Waals surface area contributed by atoms with Gasteiger partial charge in [-0.3, -0.25) is 0 Å². The van der Waals surface area contributed by atoms with E-state index < -0.39 is 10.0 Å². The molecule has 114 valence electrons. The second kappa shape index (κ2) is 7.83. The minimum Gasteiger partial charge on any atom is -0.398 e. The maximum Gasteiger partial charge on any atom is 0.242 e.